The van der Waals surface area contributed by atoms with Gasteiger partial charge in [-0.25, -0.2) is 0 Å². The van der Waals surface area contributed by atoms with Gasteiger partial charge in [0.25, 0.3) is 0 Å². The van der Waals surface area contributed by atoms with Gasteiger partial charge in [-0.15, -0.1) is 24.8 Å². The fourth-order valence-corrected chi connectivity index (χ4v) is 2.62. The molecule has 0 aromatic heterocycles. The minimum atomic E-state index is 0. The molecule has 0 aromatic rings. The first-order valence-corrected chi connectivity index (χ1v) is 5.73. The monoisotopic (exact) mass is 270 g/mol. The zero-order valence-electron chi connectivity index (χ0n) is 10.2. The Labute approximate surface area is 111 Å². The van der Waals surface area contributed by atoms with Crippen molar-refractivity contribution in [3.8, 4) is 0 Å². The largest absolute Gasteiger partial charge is 0.369 e. The Balaban J connectivity index is 0.00000112. The molecule has 2 rings (SSSR count). The van der Waals surface area contributed by atoms with E-state index in [1.165, 1.54) is 32.2 Å². The lowest BCUT2D eigenvalue weighted by atomic mass is 9.94. The molecular formula is C11H24Cl2N2O. The lowest BCUT2D eigenvalue weighted by Gasteiger charge is -2.34. The first-order valence-electron chi connectivity index (χ1n) is 5.73. The number of nitrogens with zero attached hydrogens (tertiary/aromatic N) is 1. The Bertz CT molecular complexity index is 200. The van der Waals surface area contributed by atoms with Crippen LogP contribution in [0.1, 0.15) is 25.7 Å². The predicted molar refractivity (Wildman–Crippen MR) is 72.0 cm³/mol. The van der Waals surface area contributed by atoms with Gasteiger partial charge >= 0.3 is 0 Å². The van der Waals surface area contributed by atoms with Crippen molar-refractivity contribution in [2.75, 3.05) is 33.7 Å². The molecule has 2 atom stereocenters. The summed E-state index contributed by atoms with van der Waals surface area (Å²) in [5, 5.41) is 3.49. The number of nitrogens with one attached hydrogen (secondary N) is 1. The van der Waals surface area contributed by atoms with Gasteiger partial charge < -0.3 is 15.0 Å². The van der Waals surface area contributed by atoms with E-state index < -0.39 is 0 Å². The number of fused-ring (bicyclic) bond motifs is 2. The highest BCUT2D eigenvalue weighted by Gasteiger charge is 2.42. The van der Waals surface area contributed by atoms with Crippen LogP contribution in [0.4, 0.5) is 0 Å². The maximum Gasteiger partial charge on any atom is 0.0812 e. The van der Waals surface area contributed by atoms with Gasteiger partial charge in [0, 0.05) is 13.1 Å². The first kappa shape index (κ1) is 16.5. The molecule has 16 heavy (non-hydrogen) atoms. The van der Waals surface area contributed by atoms with Gasteiger partial charge in [-0.1, -0.05) is 0 Å². The third kappa shape index (κ3) is 4.04. The summed E-state index contributed by atoms with van der Waals surface area (Å²) in [6, 6.07) is 0. The summed E-state index contributed by atoms with van der Waals surface area (Å²) in [7, 11) is 4.27. The van der Waals surface area contributed by atoms with E-state index in [4.69, 9.17) is 4.74 Å². The molecule has 2 unspecified atom stereocenters. The van der Waals surface area contributed by atoms with Crippen LogP contribution in [0.3, 0.4) is 0 Å². The molecule has 1 N–H and O–H groups in total. The quantitative estimate of drug-likeness (QED) is 0.842. The SMILES string of the molecule is CN(C)CCCC12CCC(CNC1)O2.Cl.Cl. The molecule has 0 aliphatic carbocycles. The molecule has 2 aliphatic rings. The van der Waals surface area contributed by atoms with Crippen LogP contribution in [-0.2, 0) is 4.74 Å². The third-order valence-corrected chi connectivity index (χ3v) is 3.40. The average Bonchev–Trinajstić information content (AvgIpc) is 2.42. The number of ether oxygens (including phenoxy) is 1. The molecule has 2 saturated heterocycles. The zero-order chi connectivity index (χ0) is 10.0. The maximum atomic E-state index is 6.09. The van der Waals surface area contributed by atoms with Gasteiger partial charge in [-0.05, 0) is 46.3 Å². The predicted octanol–water partition coefficient (Wildman–Crippen LogP) is 1.69. The lowest BCUT2D eigenvalue weighted by molar-refractivity contribution is -0.0700. The van der Waals surface area contributed by atoms with E-state index in [-0.39, 0.29) is 30.4 Å². The highest BCUT2D eigenvalue weighted by molar-refractivity contribution is 5.85. The lowest BCUT2D eigenvalue weighted by Crippen LogP contribution is -2.48. The Hall–Kier alpha value is 0.460. The van der Waals surface area contributed by atoms with Crippen molar-refractivity contribution in [1.82, 2.24) is 10.2 Å². The van der Waals surface area contributed by atoms with Crippen molar-refractivity contribution in [2.24, 2.45) is 0 Å². The second-order valence-corrected chi connectivity index (χ2v) is 5.00. The summed E-state index contributed by atoms with van der Waals surface area (Å²) in [5.74, 6) is 0. The molecule has 0 amide bonds. The number of halogens is 2. The van der Waals surface area contributed by atoms with Crippen LogP contribution >= 0.6 is 24.8 Å². The highest BCUT2D eigenvalue weighted by Crippen LogP contribution is 2.36. The molecule has 2 heterocycles. The molecule has 0 aromatic carbocycles. The second-order valence-electron chi connectivity index (χ2n) is 5.00. The molecule has 3 nitrogen and oxygen atoms in total. The fourth-order valence-electron chi connectivity index (χ4n) is 2.62. The summed E-state index contributed by atoms with van der Waals surface area (Å²) in [4.78, 5) is 2.25. The molecule has 2 fully saturated rings. The summed E-state index contributed by atoms with van der Waals surface area (Å²) in [6.45, 7) is 3.31. The van der Waals surface area contributed by atoms with Crippen LogP contribution in [0.25, 0.3) is 0 Å². The smallest absolute Gasteiger partial charge is 0.0812 e. The number of morpholine rings is 1. The maximum absolute atomic E-state index is 6.09. The molecule has 0 saturated carbocycles. The summed E-state index contributed by atoms with van der Waals surface area (Å²) >= 11 is 0. The number of hydrogen-bond donors (Lipinski definition) is 1. The fraction of sp³-hybridized carbons (Fsp3) is 1.00. The van der Waals surface area contributed by atoms with Gasteiger partial charge in [0.2, 0.25) is 0 Å². The van der Waals surface area contributed by atoms with Crippen LogP contribution in [0.2, 0.25) is 0 Å². The Morgan fingerprint density at radius 3 is 2.81 bits per heavy atom. The Morgan fingerprint density at radius 2 is 2.12 bits per heavy atom. The van der Waals surface area contributed by atoms with E-state index in [2.05, 4.69) is 24.3 Å². The van der Waals surface area contributed by atoms with Crippen molar-refractivity contribution < 1.29 is 4.74 Å². The van der Waals surface area contributed by atoms with Gasteiger partial charge in [0.15, 0.2) is 0 Å². The van der Waals surface area contributed by atoms with Crippen molar-refractivity contribution in [1.29, 1.82) is 0 Å². The second kappa shape index (κ2) is 7.02. The molecule has 5 heteroatoms. The van der Waals surface area contributed by atoms with E-state index in [0.29, 0.717) is 6.10 Å². The van der Waals surface area contributed by atoms with E-state index >= 15 is 0 Å². The van der Waals surface area contributed by atoms with Crippen LogP contribution in [0.5, 0.6) is 0 Å². The normalized spacial score (nSPS) is 32.1. The standard InChI is InChI=1S/C11H22N2O.2ClH/c1-13(2)7-3-5-11-6-4-10(14-11)8-12-9-11;;/h10,12H,3-9H2,1-2H3;2*1H. The summed E-state index contributed by atoms with van der Waals surface area (Å²) in [5.41, 5.74) is 0.193. The van der Waals surface area contributed by atoms with Crippen molar-refractivity contribution in [3.05, 3.63) is 0 Å². The average molecular weight is 271 g/mol. The number of hydrogen-bond acceptors (Lipinski definition) is 3. The topological polar surface area (TPSA) is 24.5 Å². The van der Waals surface area contributed by atoms with Crippen molar-refractivity contribution in [3.63, 3.8) is 0 Å². The van der Waals surface area contributed by atoms with Crippen LogP contribution < -0.4 is 5.32 Å². The van der Waals surface area contributed by atoms with Gasteiger partial charge in [0.1, 0.15) is 0 Å². The van der Waals surface area contributed by atoms with Crippen LogP contribution in [0, 0.1) is 0 Å². The van der Waals surface area contributed by atoms with Crippen molar-refractivity contribution >= 4 is 24.8 Å². The molecule has 98 valence electrons. The first-order chi connectivity index (χ1) is 6.70. The molecule has 0 spiro atoms. The van der Waals surface area contributed by atoms with Gasteiger partial charge in [-0.3, -0.25) is 0 Å². The Kier molecular flexibility index (Phi) is 7.22. The molecular weight excluding hydrogens is 247 g/mol. The van der Waals surface area contributed by atoms with E-state index in [1.807, 2.05) is 0 Å². The van der Waals surface area contributed by atoms with Crippen LogP contribution in [-0.4, -0.2) is 50.3 Å². The Morgan fingerprint density at radius 1 is 1.38 bits per heavy atom. The minimum absolute atomic E-state index is 0. The highest BCUT2D eigenvalue weighted by atomic mass is 35.5. The van der Waals surface area contributed by atoms with Gasteiger partial charge in [0.05, 0.1) is 11.7 Å². The van der Waals surface area contributed by atoms with E-state index in [0.717, 1.165) is 13.1 Å². The minimum Gasteiger partial charge on any atom is -0.369 e. The van der Waals surface area contributed by atoms with Crippen molar-refractivity contribution in [2.45, 2.75) is 37.4 Å². The molecule has 0 radical (unpaired) electrons. The summed E-state index contributed by atoms with van der Waals surface area (Å²) < 4.78 is 6.09. The third-order valence-electron chi connectivity index (χ3n) is 3.40. The zero-order valence-corrected chi connectivity index (χ0v) is 11.8. The summed E-state index contributed by atoms with van der Waals surface area (Å²) in [6.07, 6.45) is 5.49. The van der Waals surface area contributed by atoms with Crippen LogP contribution in [0.15, 0.2) is 0 Å². The van der Waals surface area contributed by atoms with E-state index in [9.17, 15) is 0 Å². The molecule has 2 bridgehead atoms. The van der Waals surface area contributed by atoms with E-state index in [1.54, 1.807) is 0 Å². The molecule has 2 aliphatic heterocycles. The number of rotatable bonds is 4. The van der Waals surface area contributed by atoms with Gasteiger partial charge in [-0.2, -0.15) is 0 Å².